The van der Waals surface area contributed by atoms with Gasteiger partial charge in [0.2, 0.25) is 0 Å². The van der Waals surface area contributed by atoms with Crippen molar-refractivity contribution in [1.82, 2.24) is 10.6 Å². The summed E-state index contributed by atoms with van der Waals surface area (Å²) >= 11 is 8.06. The van der Waals surface area contributed by atoms with Crippen LogP contribution in [0.15, 0.2) is 40.9 Å². The van der Waals surface area contributed by atoms with Gasteiger partial charge in [-0.1, -0.05) is 12.1 Å². The van der Waals surface area contributed by atoms with Crippen molar-refractivity contribution in [2.45, 2.75) is 17.5 Å². The molecule has 7 nitrogen and oxygen atoms in total. The third kappa shape index (κ3) is 4.52. The van der Waals surface area contributed by atoms with Crippen LogP contribution in [0.5, 0.6) is 11.5 Å². The normalized spacial score (nSPS) is 18.8. The van der Waals surface area contributed by atoms with E-state index in [0.29, 0.717) is 5.56 Å². The fraction of sp³-hybridized carbons (Fsp3) is 0.222. The molecule has 0 saturated carbocycles. The van der Waals surface area contributed by atoms with Gasteiger partial charge in [-0.05, 0) is 63.5 Å². The largest absolute Gasteiger partial charge is 0.534 e. The number of rotatable bonds is 6. The Morgan fingerprint density at radius 1 is 1.16 bits per heavy atom. The number of benzene rings is 2. The van der Waals surface area contributed by atoms with Crippen molar-refractivity contribution in [3.8, 4) is 11.5 Å². The quantitative estimate of drug-likeness (QED) is 0.244. The van der Waals surface area contributed by atoms with Crippen LogP contribution in [0.1, 0.15) is 11.1 Å². The summed E-state index contributed by atoms with van der Waals surface area (Å²) < 4.78 is 84.4. The van der Waals surface area contributed by atoms with Gasteiger partial charge in [0, 0.05) is 6.42 Å². The molecule has 2 aromatic rings. The highest BCUT2D eigenvalue weighted by Crippen LogP contribution is 2.38. The number of methoxy groups -OCH3 is 1. The summed E-state index contributed by atoms with van der Waals surface area (Å²) in [6.07, 6.45) is -0.115. The zero-order valence-electron chi connectivity index (χ0n) is 15.9. The second-order valence-corrected chi connectivity index (χ2v) is 9.39. The minimum absolute atomic E-state index is 0.0310. The molecule has 2 N–H and O–H groups in total. The van der Waals surface area contributed by atoms with Crippen molar-refractivity contribution in [3.05, 3.63) is 57.8 Å². The van der Waals surface area contributed by atoms with Gasteiger partial charge in [0.1, 0.15) is 11.4 Å². The lowest BCUT2D eigenvalue weighted by Gasteiger charge is -2.28. The van der Waals surface area contributed by atoms with Crippen LogP contribution in [0.4, 0.5) is 17.6 Å². The number of nitrogens with one attached hydrogen (secondary N) is 2. The van der Waals surface area contributed by atoms with Crippen LogP contribution >= 0.6 is 28.1 Å². The average Bonchev–Trinajstić information content (AvgIpc) is 2.97. The monoisotopic (exact) mass is 556 g/mol. The van der Waals surface area contributed by atoms with Crippen LogP contribution in [0, 0.1) is 5.82 Å². The van der Waals surface area contributed by atoms with Crippen molar-refractivity contribution < 1.29 is 39.7 Å². The lowest BCUT2D eigenvalue weighted by Crippen LogP contribution is -2.45. The predicted molar refractivity (Wildman–Crippen MR) is 112 cm³/mol. The molecule has 1 aliphatic rings. The van der Waals surface area contributed by atoms with Gasteiger partial charge in [0.25, 0.3) is 5.91 Å². The maximum Gasteiger partial charge on any atom is 0.534 e. The molecule has 32 heavy (non-hydrogen) atoms. The van der Waals surface area contributed by atoms with Crippen LogP contribution in [0.25, 0.3) is 0 Å². The molecule has 1 heterocycles. The first kappa shape index (κ1) is 24.2. The molecule has 1 fully saturated rings. The molecule has 1 unspecified atom stereocenters. The van der Waals surface area contributed by atoms with E-state index in [2.05, 4.69) is 30.7 Å². The SMILES string of the molecule is COc1ccc(C2(Cc3ccc(F)c(Br)c3)NC(=S)NC2=O)cc1OS(=O)(=O)C(F)(F)F. The molecule has 1 saturated heterocycles. The van der Waals surface area contributed by atoms with Crippen molar-refractivity contribution >= 4 is 49.3 Å². The fourth-order valence-corrected chi connectivity index (χ4v) is 4.20. The van der Waals surface area contributed by atoms with Crippen LogP contribution in [0.2, 0.25) is 0 Å². The van der Waals surface area contributed by atoms with Crippen LogP contribution in [-0.4, -0.2) is 32.1 Å². The molecular weight excluding hydrogens is 544 g/mol. The van der Waals surface area contributed by atoms with Gasteiger partial charge in [-0.2, -0.15) is 21.6 Å². The fourth-order valence-electron chi connectivity index (χ4n) is 3.05. The van der Waals surface area contributed by atoms with Gasteiger partial charge in [-0.3, -0.25) is 4.79 Å². The van der Waals surface area contributed by atoms with Crippen molar-refractivity contribution in [1.29, 1.82) is 0 Å². The highest BCUT2D eigenvalue weighted by atomic mass is 79.9. The number of hydrogen-bond donors (Lipinski definition) is 2. The second kappa shape index (κ2) is 8.48. The van der Waals surface area contributed by atoms with E-state index in [4.69, 9.17) is 17.0 Å². The van der Waals surface area contributed by atoms with E-state index >= 15 is 0 Å². The van der Waals surface area contributed by atoms with Crippen LogP contribution < -0.4 is 19.6 Å². The van der Waals surface area contributed by atoms with Crippen LogP contribution in [0.3, 0.4) is 0 Å². The summed E-state index contributed by atoms with van der Waals surface area (Å²) in [5.74, 6) is -2.30. The van der Waals surface area contributed by atoms with E-state index in [-0.39, 0.29) is 27.3 Å². The summed E-state index contributed by atoms with van der Waals surface area (Å²) in [7, 11) is -4.91. The number of hydrogen-bond acceptors (Lipinski definition) is 6. The summed E-state index contributed by atoms with van der Waals surface area (Å²) in [6, 6.07) is 7.41. The van der Waals surface area contributed by atoms with E-state index in [0.717, 1.165) is 25.3 Å². The average molecular weight is 557 g/mol. The Labute approximate surface area is 193 Å². The number of amides is 1. The molecule has 0 bridgehead atoms. The molecule has 1 atom stereocenters. The van der Waals surface area contributed by atoms with E-state index in [1.807, 2.05) is 0 Å². The number of alkyl halides is 3. The number of carbonyl (C=O) groups is 1. The minimum atomic E-state index is -6.01. The van der Waals surface area contributed by atoms with Gasteiger partial charge >= 0.3 is 15.6 Å². The predicted octanol–water partition coefficient (Wildman–Crippen LogP) is 3.27. The first-order valence-corrected chi connectivity index (χ1v) is 11.2. The molecule has 1 amide bonds. The topological polar surface area (TPSA) is 93.7 Å². The smallest absolute Gasteiger partial charge is 0.493 e. The van der Waals surface area contributed by atoms with Gasteiger partial charge in [-0.25, -0.2) is 4.39 Å². The second-order valence-electron chi connectivity index (χ2n) is 6.59. The van der Waals surface area contributed by atoms with E-state index < -0.39 is 38.6 Å². The molecule has 3 rings (SSSR count). The summed E-state index contributed by atoms with van der Waals surface area (Å²) in [6.45, 7) is 0. The van der Waals surface area contributed by atoms with Crippen molar-refractivity contribution in [2.24, 2.45) is 0 Å². The maximum absolute atomic E-state index is 13.6. The molecular formula is C18H13BrF4N2O5S2. The highest BCUT2D eigenvalue weighted by Gasteiger charge is 2.50. The zero-order chi connectivity index (χ0) is 23.9. The Balaban J connectivity index is 2.12. The lowest BCUT2D eigenvalue weighted by molar-refractivity contribution is -0.124. The number of carbonyl (C=O) groups excluding carboxylic acids is 1. The Morgan fingerprint density at radius 2 is 1.84 bits per heavy atom. The number of ether oxygens (including phenoxy) is 1. The standard InChI is InChI=1S/C18H13BrF4N2O5S2/c1-29-13-5-3-10(7-14(13)30-32(27,28)18(21,22)23)17(15(26)24-16(31)25-17)8-9-2-4-12(20)11(19)6-9/h2-7H,8H2,1H3,(H2,24,25,26,31). The van der Waals surface area contributed by atoms with Gasteiger partial charge in [0.05, 0.1) is 11.6 Å². The van der Waals surface area contributed by atoms with Gasteiger partial charge < -0.3 is 19.6 Å². The Morgan fingerprint density at radius 3 is 2.38 bits per heavy atom. The van der Waals surface area contributed by atoms with E-state index in [1.165, 1.54) is 18.2 Å². The third-order valence-corrected chi connectivity index (χ3v) is 6.31. The molecule has 0 aromatic heterocycles. The molecule has 14 heteroatoms. The Kier molecular flexibility index (Phi) is 6.41. The zero-order valence-corrected chi connectivity index (χ0v) is 19.1. The molecule has 172 valence electrons. The van der Waals surface area contributed by atoms with Crippen molar-refractivity contribution in [2.75, 3.05) is 7.11 Å². The first-order valence-electron chi connectivity index (χ1n) is 8.56. The van der Waals surface area contributed by atoms with E-state index in [1.54, 1.807) is 0 Å². The van der Waals surface area contributed by atoms with E-state index in [9.17, 15) is 30.8 Å². The summed E-state index contributed by atoms with van der Waals surface area (Å²) in [5, 5.41) is 5.11. The van der Waals surface area contributed by atoms with Gasteiger partial charge in [0.15, 0.2) is 16.6 Å². The molecule has 1 aliphatic heterocycles. The maximum atomic E-state index is 13.6. The summed E-state index contributed by atoms with van der Waals surface area (Å²) in [4.78, 5) is 12.9. The Bertz CT molecular complexity index is 1210. The van der Waals surface area contributed by atoms with Crippen LogP contribution in [-0.2, 0) is 26.9 Å². The number of halogens is 5. The molecule has 0 radical (unpaired) electrons. The lowest BCUT2D eigenvalue weighted by atomic mass is 9.83. The minimum Gasteiger partial charge on any atom is -0.493 e. The summed E-state index contributed by atoms with van der Waals surface area (Å²) in [5.41, 5.74) is -6.84. The number of thiocarbonyl (C=S) groups is 1. The molecule has 0 spiro atoms. The first-order chi connectivity index (χ1) is 14.8. The van der Waals surface area contributed by atoms with Gasteiger partial charge in [-0.15, -0.1) is 0 Å². The molecule has 2 aromatic carbocycles. The third-order valence-electron chi connectivity index (χ3n) is 4.53. The van der Waals surface area contributed by atoms with Crippen molar-refractivity contribution in [3.63, 3.8) is 0 Å². The highest BCUT2D eigenvalue weighted by molar-refractivity contribution is 9.10. The molecule has 0 aliphatic carbocycles. The Hall–Kier alpha value is -2.45.